The molecule has 0 aliphatic rings. The van der Waals surface area contributed by atoms with Gasteiger partial charge in [0.1, 0.15) is 11.0 Å². The molecule has 0 aliphatic heterocycles. The summed E-state index contributed by atoms with van der Waals surface area (Å²) in [4.78, 5) is 8.21. The lowest BCUT2D eigenvalue weighted by Crippen LogP contribution is -2.01. The topological polar surface area (TPSA) is 35.0 Å². The van der Waals surface area contributed by atoms with Crippen molar-refractivity contribution in [2.24, 2.45) is 0 Å². The highest BCUT2D eigenvalue weighted by Gasteiger charge is 2.01. The highest BCUT2D eigenvalue weighted by atomic mass is 35.5. The van der Waals surface area contributed by atoms with E-state index in [9.17, 15) is 0 Å². The fourth-order valence-corrected chi connectivity index (χ4v) is 1.07. The second-order valence-electron chi connectivity index (χ2n) is 2.65. The van der Waals surface area contributed by atoms with Crippen molar-refractivity contribution in [1.29, 1.82) is 0 Å². The summed E-state index contributed by atoms with van der Waals surface area (Å²) < 4.78 is 5.34. The summed E-state index contributed by atoms with van der Waals surface area (Å²) in [6.45, 7) is 4.69. The molecule has 1 heterocycles. The van der Waals surface area contributed by atoms with Crippen LogP contribution in [0.2, 0.25) is 5.15 Å². The third-order valence-corrected chi connectivity index (χ3v) is 1.68. The number of ether oxygens (including phenoxy) is 1. The molecule has 0 bridgehead atoms. The fourth-order valence-electron chi connectivity index (χ4n) is 0.881. The minimum absolute atomic E-state index is 0.443. The van der Waals surface area contributed by atoms with Crippen molar-refractivity contribution in [3.05, 3.63) is 17.0 Å². The van der Waals surface area contributed by atoms with Gasteiger partial charge in [0, 0.05) is 12.5 Å². The zero-order chi connectivity index (χ0) is 9.68. The van der Waals surface area contributed by atoms with Gasteiger partial charge >= 0.3 is 0 Å². The molecule has 72 valence electrons. The van der Waals surface area contributed by atoms with Crippen molar-refractivity contribution in [3.8, 4) is 5.88 Å². The maximum Gasteiger partial charge on any atom is 0.218 e. The molecule has 0 unspecified atom stereocenters. The molecule has 0 atom stereocenters. The van der Waals surface area contributed by atoms with Gasteiger partial charge in [0.05, 0.1) is 6.61 Å². The predicted molar refractivity (Wildman–Crippen MR) is 52.2 cm³/mol. The first-order valence-corrected chi connectivity index (χ1v) is 4.80. The monoisotopic (exact) mass is 200 g/mol. The smallest absolute Gasteiger partial charge is 0.218 e. The van der Waals surface area contributed by atoms with Crippen molar-refractivity contribution in [2.75, 3.05) is 6.61 Å². The summed E-state index contributed by atoms with van der Waals surface area (Å²) in [5, 5.41) is 0.443. The molecule has 1 aromatic rings. The van der Waals surface area contributed by atoms with Gasteiger partial charge in [-0.2, -0.15) is 4.98 Å². The standard InChI is InChI=1S/C9H13ClN2O/c1-3-5-13-9-6-7(10)11-8(4-2)12-9/h6H,3-5H2,1-2H3. The van der Waals surface area contributed by atoms with E-state index in [1.807, 2.05) is 13.8 Å². The first kappa shape index (κ1) is 10.3. The fraction of sp³-hybridized carbons (Fsp3) is 0.556. The molecule has 13 heavy (non-hydrogen) atoms. The van der Waals surface area contributed by atoms with Gasteiger partial charge in [-0.1, -0.05) is 25.4 Å². The Morgan fingerprint density at radius 1 is 1.38 bits per heavy atom. The Morgan fingerprint density at radius 3 is 2.77 bits per heavy atom. The van der Waals surface area contributed by atoms with Crippen molar-refractivity contribution in [2.45, 2.75) is 26.7 Å². The van der Waals surface area contributed by atoms with E-state index >= 15 is 0 Å². The lowest BCUT2D eigenvalue weighted by Gasteiger charge is -2.04. The van der Waals surface area contributed by atoms with Gasteiger partial charge in [-0.3, -0.25) is 0 Å². The lowest BCUT2D eigenvalue weighted by molar-refractivity contribution is 0.303. The summed E-state index contributed by atoms with van der Waals surface area (Å²) in [7, 11) is 0. The summed E-state index contributed by atoms with van der Waals surface area (Å²) in [6.07, 6.45) is 1.73. The van der Waals surface area contributed by atoms with E-state index in [0.29, 0.717) is 17.6 Å². The van der Waals surface area contributed by atoms with E-state index in [1.165, 1.54) is 0 Å². The Hall–Kier alpha value is -0.830. The maximum atomic E-state index is 5.78. The molecule has 1 aromatic heterocycles. The maximum absolute atomic E-state index is 5.78. The molecule has 0 aromatic carbocycles. The molecule has 0 saturated heterocycles. The van der Waals surface area contributed by atoms with E-state index in [-0.39, 0.29) is 0 Å². The van der Waals surface area contributed by atoms with E-state index in [0.717, 1.165) is 18.7 Å². The van der Waals surface area contributed by atoms with E-state index < -0.39 is 0 Å². The SMILES string of the molecule is CCCOc1cc(Cl)nc(CC)n1. The molecule has 0 aliphatic carbocycles. The molecule has 0 saturated carbocycles. The zero-order valence-corrected chi connectivity index (χ0v) is 8.64. The van der Waals surface area contributed by atoms with Crippen LogP contribution in [-0.4, -0.2) is 16.6 Å². The van der Waals surface area contributed by atoms with Crippen LogP contribution in [0.1, 0.15) is 26.1 Å². The third-order valence-electron chi connectivity index (χ3n) is 1.49. The molecular formula is C9H13ClN2O. The number of hydrogen-bond acceptors (Lipinski definition) is 3. The summed E-state index contributed by atoms with van der Waals surface area (Å²) >= 11 is 5.78. The Balaban J connectivity index is 2.76. The van der Waals surface area contributed by atoms with Crippen LogP contribution in [0.15, 0.2) is 6.07 Å². The van der Waals surface area contributed by atoms with Crippen LogP contribution < -0.4 is 4.74 Å². The van der Waals surface area contributed by atoms with Crippen LogP contribution in [-0.2, 0) is 6.42 Å². The van der Waals surface area contributed by atoms with Gasteiger partial charge in [-0.25, -0.2) is 4.98 Å². The van der Waals surface area contributed by atoms with Crippen molar-refractivity contribution < 1.29 is 4.74 Å². The quantitative estimate of drug-likeness (QED) is 0.701. The molecular weight excluding hydrogens is 188 g/mol. The normalized spacial score (nSPS) is 10.1. The van der Waals surface area contributed by atoms with Gasteiger partial charge in [0.15, 0.2) is 0 Å². The Labute approximate surface area is 83.1 Å². The van der Waals surface area contributed by atoms with Crippen molar-refractivity contribution in [3.63, 3.8) is 0 Å². The van der Waals surface area contributed by atoms with Crippen molar-refractivity contribution >= 4 is 11.6 Å². The van der Waals surface area contributed by atoms with Crippen LogP contribution in [0.4, 0.5) is 0 Å². The van der Waals surface area contributed by atoms with Crippen LogP contribution in [0.5, 0.6) is 5.88 Å². The molecule has 0 radical (unpaired) electrons. The molecule has 0 spiro atoms. The largest absolute Gasteiger partial charge is 0.478 e. The van der Waals surface area contributed by atoms with Crippen LogP contribution >= 0.6 is 11.6 Å². The van der Waals surface area contributed by atoms with Crippen LogP contribution in [0, 0.1) is 0 Å². The first-order chi connectivity index (χ1) is 6.26. The first-order valence-electron chi connectivity index (χ1n) is 4.42. The summed E-state index contributed by atoms with van der Waals surface area (Å²) in [5.41, 5.74) is 0. The number of hydrogen-bond donors (Lipinski definition) is 0. The predicted octanol–water partition coefficient (Wildman–Crippen LogP) is 2.48. The van der Waals surface area contributed by atoms with E-state index in [1.54, 1.807) is 6.07 Å². The highest BCUT2D eigenvalue weighted by Crippen LogP contribution is 2.13. The second kappa shape index (κ2) is 5.02. The lowest BCUT2D eigenvalue weighted by atomic mass is 10.4. The molecule has 1 rings (SSSR count). The molecule has 4 heteroatoms. The second-order valence-corrected chi connectivity index (χ2v) is 3.03. The number of rotatable bonds is 4. The number of aromatic nitrogens is 2. The van der Waals surface area contributed by atoms with E-state index in [4.69, 9.17) is 16.3 Å². The zero-order valence-electron chi connectivity index (χ0n) is 7.88. The van der Waals surface area contributed by atoms with Gasteiger partial charge in [-0.05, 0) is 6.42 Å². The number of aryl methyl sites for hydroxylation is 1. The Morgan fingerprint density at radius 2 is 2.15 bits per heavy atom. The van der Waals surface area contributed by atoms with Gasteiger partial charge in [0.2, 0.25) is 5.88 Å². The summed E-state index contributed by atoms with van der Waals surface area (Å²) in [5.74, 6) is 1.29. The highest BCUT2D eigenvalue weighted by molar-refractivity contribution is 6.29. The minimum atomic E-state index is 0.443. The molecule has 0 amide bonds. The van der Waals surface area contributed by atoms with Crippen LogP contribution in [0.25, 0.3) is 0 Å². The average Bonchev–Trinajstić information content (AvgIpc) is 2.14. The number of halogens is 1. The number of nitrogens with zero attached hydrogens (tertiary/aromatic N) is 2. The molecule has 0 N–H and O–H groups in total. The van der Waals surface area contributed by atoms with Gasteiger partial charge in [0.25, 0.3) is 0 Å². The van der Waals surface area contributed by atoms with Gasteiger partial charge in [-0.15, -0.1) is 0 Å². The van der Waals surface area contributed by atoms with Crippen LogP contribution in [0.3, 0.4) is 0 Å². The van der Waals surface area contributed by atoms with E-state index in [2.05, 4.69) is 9.97 Å². The van der Waals surface area contributed by atoms with Gasteiger partial charge < -0.3 is 4.74 Å². The average molecular weight is 201 g/mol. The molecule has 3 nitrogen and oxygen atoms in total. The Kier molecular flexibility index (Phi) is 3.96. The van der Waals surface area contributed by atoms with Crippen molar-refractivity contribution in [1.82, 2.24) is 9.97 Å². The summed E-state index contributed by atoms with van der Waals surface area (Å²) in [6, 6.07) is 1.64. The molecule has 0 fully saturated rings. The third kappa shape index (κ3) is 3.19. The Bertz CT molecular complexity index is 278. The minimum Gasteiger partial charge on any atom is -0.478 e.